The number of Topliss-reactive ketones (excluding diaryl/α,β-unsaturated/α-hetero) is 1. The van der Waals surface area contributed by atoms with Crippen LogP contribution in [-0.4, -0.2) is 72.7 Å². The molecule has 27 heavy (non-hydrogen) atoms. The van der Waals surface area contributed by atoms with Gasteiger partial charge in [0.1, 0.15) is 0 Å². The van der Waals surface area contributed by atoms with Crippen molar-refractivity contribution in [1.82, 2.24) is 15.1 Å². The number of anilines is 1. The first-order valence-electron chi connectivity index (χ1n) is 9.48. The smallest absolute Gasteiger partial charge is 0.234 e. The minimum Gasteiger partial charge on any atom is -0.353 e. The molecule has 0 unspecified atom stereocenters. The summed E-state index contributed by atoms with van der Waals surface area (Å²) in [5.41, 5.74) is 1.33. The average Bonchev–Trinajstić information content (AvgIpc) is 2.61. The lowest BCUT2D eigenvalue weighted by Gasteiger charge is -2.34. The molecule has 1 saturated heterocycles. The molecule has 1 aromatic carbocycles. The highest BCUT2D eigenvalue weighted by Crippen LogP contribution is 2.11. The number of nitrogens with zero attached hydrogens (tertiary/aromatic N) is 2. The zero-order chi connectivity index (χ0) is 19.8. The summed E-state index contributed by atoms with van der Waals surface area (Å²) >= 11 is 0. The third kappa shape index (κ3) is 7.48. The largest absolute Gasteiger partial charge is 0.353 e. The SMILES string of the molecule is CC(=O)c1ccc(NC(=O)CCN2CCN(CC(=O)NC(C)C)CC2)cc1. The molecule has 2 rings (SSSR count). The van der Waals surface area contributed by atoms with Gasteiger partial charge in [0.2, 0.25) is 11.8 Å². The lowest BCUT2D eigenvalue weighted by atomic mass is 10.1. The summed E-state index contributed by atoms with van der Waals surface area (Å²) in [4.78, 5) is 39.6. The number of piperazine rings is 1. The maximum atomic E-state index is 12.1. The van der Waals surface area contributed by atoms with Gasteiger partial charge in [-0.05, 0) is 45.0 Å². The fourth-order valence-electron chi connectivity index (χ4n) is 3.01. The molecule has 0 aliphatic carbocycles. The molecule has 0 bridgehead atoms. The van der Waals surface area contributed by atoms with Gasteiger partial charge >= 0.3 is 0 Å². The van der Waals surface area contributed by atoms with E-state index < -0.39 is 0 Å². The number of rotatable bonds is 8. The topological polar surface area (TPSA) is 81.8 Å². The summed E-state index contributed by atoms with van der Waals surface area (Å²) in [6, 6.07) is 7.08. The Morgan fingerprint density at radius 2 is 1.56 bits per heavy atom. The molecule has 7 nitrogen and oxygen atoms in total. The van der Waals surface area contributed by atoms with Gasteiger partial charge in [0.15, 0.2) is 5.78 Å². The van der Waals surface area contributed by atoms with Crippen molar-refractivity contribution in [3.05, 3.63) is 29.8 Å². The van der Waals surface area contributed by atoms with E-state index in [9.17, 15) is 14.4 Å². The first-order valence-corrected chi connectivity index (χ1v) is 9.48. The van der Waals surface area contributed by atoms with Crippen molar-refractivity contribution in [1.29, 1.82) is 0 Å². The quantitative estimate of drug-likeness (QED) is 0.672. The van der Waals surface area contributed by atoms with Gasteiger partial charge in [0.25, 0.3) is 0 Å². The molecule has 0 spiro atoms. The Hall–Kier alpha value is -2.25. The molecule has 148 valence electrons. The second kappa shape index (κ2) is 10.2. The summed E-state index contributed by atoms with van der Waals surface area (Å²) in [6.07, 6.45) is 0.419. The molecule has 0 radical (unpaired) electrons. The van der Waals surface area contributed by atoms with Gasteiger partial charge in [-0.2, -0.15) is 0 Å². The second-order valence-corrected chi connectivity index (χ2v) is 7.27. The minimum absolute atomic E-state index is 0.00806. The van der Waals surface area contributed by atoms with Crippen molar-refractivity contribution in [3.8, 4) is 0 Å². The van der Waals surface area contributed by atoms with E-state index in [2.05, 4.69) is 20.4 Å². The van der Waals surface area contributed by atoms with Crippen LogP contribution < -0.4 is 10.6 Å². The number of amides is 2. The summed E-state index contributed by atoms with van der Waals surface area (Å²) in [5, 5.41) is 5.77. The Bertz CT molecular complexity index is 650. The zero-order valence-corrected chi connectivity index (χ0v) is 16.5. The first-order chi connectivity index (χ1) is 12.8. The molecule has 1 heterocycles. The van der Waals surface area contributed by atoms with Crippen LogP contribution in [0.2, 0.25) is 0 Å². The van der Waals surface area contributed by atoms with Gasteiger partial charge in [0.05, 0.1) is 6.54 Å². The van der Waals surface area contributed by atoms with Crippen LogP contribution in [0.25, 0.3) is 0 Å². The zero-order valence-electron chi connectivity index (χ0n) is 16.5. The van der Waals surface area contributed by atoms with Crippen LogP contribution in [0.4, 0.5) is 5.69 Å². The van der Waals surface area contributed by atoms with Crippen molar-refractivity contribution in [2.75, 3.05) is 44.6 Å². The molecular formula is C20H30N4O3. The molecule has 2 N–H and O–H groups in total. The third-order valence-corrected chi connectivity index (χ3v) is 4.51. The Morgan fingerprint density at radius 1 is 0.963 bits per heavy atom. The summed E-state index contributed by atoms with van der Waals surface area (Å²) in [6.45, 7) is 9.94. The Balaban J connectivity index is 1.66. The van der Waals surface area contributed by atoms with E-state index in [1.807, 2.05) is 13.8 Å². The highest BCUT2D eigenvalue weighted by molar-refractivity contribution is 5.95. The van der Waals surface area contributed by atoms with Crippen LogP contribution in [0.15, 0.2) is 24.3 Å². The lowest BCUT2D eigenvalue weighted by Crippen LogP contribution is -2.50. The molecule has 7 heteroatoms. The monoisotopic (exact) mass is 374 g/mol. The number of ketones is 1. The Morgan fingerprint density at radius 3 is 2.11 bits per heavy atom. The van der Waals surface area contributed by atoms with Gasteiger partial charge in [-0.25, -0.2) is 0 Å². The molecule has 0 atom stereocenters. The summed E-state index contributed by atoms with van der Waals surface area (Å²) in [7, 11) is 0. The molecule has 1 aromatic rings. The Labute approximate surface area is 161 Å². The normalized spacial score (nSPS) is 15.6. The van der Waals surface area contributed by atoms with E-state index in [1.54, 1.807) is 24.3 Å². The number of benzene rings is 1. The number of nitrogens with one attached hydrogen (secondary N) is 2. The number of carbonyl (C=O) groups is 3. The number of hydrogen-bond donors (Lipinski definition) is 2. The van der Waals surface area contributed by atoms with Gasteiger partial charge in [-0.3, -0.25) is 19.3 Å². The molecule has 0 saturated carbocycles. The van der Waals surface area contributed by atoms with Crippen LogP contribution in [0.3, 0.4) is 0 Å². The minimum atomic E-state index is -0.0377. The van der Waals surface area contributed by atoms with Gasteiger partial charge in [0, 0.05) is 56.4 Å². The van der Waals surface area contributed by atoms with E-state index in [4.69, 9.17) is 0 Å². The van der Waals surface area contributed by atoms with Crippen LogP contribution in [0.5, 0.6) is 0 Å². The number of carbonyl (C=O) groups excluding carboxylic acids is 3. The van der Waals surface area contributed by atoms with E-state index in [-0.39, 0.29) is 23.6 Å². The predicted octanol–water partition coefficient (Wildman–Crippen LogP) is 1.36. The number of hydrogen-bond acceptors (Lipinski definition) is 5. The lowest BCUT2D eigenvalue weighted by molar-refractivity contribution is -0.123. The van der Waals surface area contributed by atoms with Crippen LogP contribution in [-0.2, 0) is 9.59 Å². The van der Waals surface area contributed by atoms with Gasteiger partial charge in [-0.15, -0.1) is 0 Å². The van der Waals surface area contributed by atoms with Crippen molar-refractivity contribution in [3.63, 3.8) is 0 Å². The van der Waals surface area contributed by atoms with Crippen molar-refractivity contribution >= 4 is 23.3 Å². The predicted molar refractivity (Wildman–Crippen MR) is 106 cm³/mol. The molecule has 1 aliphatic rings. The van der Waals surface area contributed by atoms with Crippen LogP contribution in [0, 0.1) is 0 Å². The first kappa shape index (κ1) is 21.1. The molecular weight excluding hydrogens is 344 g/mol. The Kier molecular flexibility index (Phi) is 7.94. The fraction of sp³-hybridized carbons (Fsp3) is 0.550. The van der Waals surface area contributed by atoms with E-state index >= 15 is 0 Å². The van der Waals surface area contributed by atoms with Gasteiger partial charge in [-0.1, -0.05) is 0 Å². The van der Waals surface area contributed by atoms with Crippen molar-refractivity contribution in [2.45, 2.75) is 33.2 Å². The fourth-order valence-corrected chi connectivity index (χ4v) is 3.01. The van der Waals surface area contributed by atoms with Crippen molar-refractivity contribution < 1.29 is 14.4 Å². The molecule has 0 aromatic heterocycles. The highest BCUT2D eigenvalue weighted by atomic mass is 16.2. The maximum Gasteiger partial charge on any atom is 0.234 e. The van der Waals surface area contributed by atoms with Crippen molar-refractivity contribution in [2.24, 2.45) is 0 Å². The standard InChI is InChI=1S/C20H30N4O3/c1-15(2)21-20(27)14-24-12-10-23(11-13-24)9-8-19(26)22-18-6-4-17(5-7-18)16(3)25/h4-7,15H,8-14H2,1-3H3,(H,21,27)(H,22,26). The highest BCUT2D eigenvalue weighted by Gasteiger charge is 2.19. The average molecular weight is 374 g/mol. The molecule has 1 fully saturated rings. The molecule has 1 aliphatic heterocycles. The summed E-state index contributed by atoms with van der Waals surface area (Å²) in [5.74, 6) is 0.0339. The molecule has 2 amide bonds. The van der Waals surface area contributed by atoms with Crippen LogP contribution >= 0.6 is 0 Å². The van der Waals surface area contributed by atoms with E-state index in [0.717, 1.165) is 26.2 Å². The van der Waals surface area contributed by atoms with Gasteiger partial charge < -0.3 is 15.5 Å². The van der Waals surface area contributed by atoms with Crippen LogP contribution in [0.1, 0.15) is 37.6 Å². The maximum absolute atomic E-state index is 12.1. The second-order valence-electron chi connectivity index (χ2n) is 7.27. The van der Waals surface area contributed by atoms with E-state index in [0.29, 0.717) is 30.8 Å². The third-order valence-electron chi connectivity index (χ3n) is 4.51. The van der Waals surface area contributed by atoms with E-state index in [1.165, 1.54) is 6.92 Å². The summed E-state index contributed by atoms with van der Waals surface area (Å²) < 4.78 is 0.